The van der Waals surface area contributed by atoms with E-state index in [4.69, 9.17) is 0 Å². The third-order valence-corrected chi connectivity index (χ3v) is 3.16. The summed E-state index contributed by atoms with van der Waals surface area (Å²) in [6.07, 6.45) is 3.73. The Balaban J connectivity index is 2.13. The van der Waals surface area contributed by atoms with Gasteiger partial charge in [-0.3, -0.25) is 14.8 Å². The second kappa shape index (κ2) is 5.55. The van der Waals surface area contributed by atoms with Crippen LogP contribution in [0.2, 0.25) is 0 Å². The SMILES string of the molecule is Cc1ccc(NCc2cnn(C(C)(C)C)c2)c([N+](=O)[O-])c1. The van der Waals surface area contributed by atoms with Crippen LogP contribution >= 0.6 is 0 Å². The summed E-state index contributed by atoms with van der Waals surface area (Å²) < 4.78 is 1.88. The molecule has 112 valence electrons. The minimum atomic E-state index is -0.367. The number of nitrogens with zero attached hydrogens (tertiary/aromatic N) is 3. The number of anilines is 1. The average Bonchev–Trinajstić information content (AvgIpc) is 2.85. The number of aryl methyl sites for hydroxylation is 1. The second-order valence-corrected chi connectivity index (χ2v) is 6.10. The third-order valence-electron chi connectivity index (χ3n) is 3.16. The molecule has 6 nitrogen and oxygen atoms in total. The number of hydrogen-bond acceptors (Lipinski definition) is 4. The number of rotatable bonds is 4. The standard InChI is InChI=1S/C15H20N4O2/c1-11-5-6-13(14(7-11)19(20)21)16-8-12-9-17-18(10-12)15(2,3)4/h5-7,9-10,16H,8H2,1-4H3. The van der Waals surface area contributed by atoms with Crippen LogP contribution in [0, 0.1) is 17.0 Å². The number of nitro benzene ring substituents is 1. The highest BCUT2D eigenvalue weighted by atomic mass is 16.6. The lowest BCUT2D eigenvalue weighted by atomic mass is 10.1. The Kier molecular flexibility index (Phi) is 3.97. The number of nitrogens with one attached hydrogen (secondary N) is 1. The van der Waals surface area contributed by atoms with Gasteiger partial charge in [-0.15, -0.1) is 0 Å². The van der Waals surface area contributed by atoms with Gasteiger partial charge in [-0.25, -0.2) is 0 Å². The molecule has 1 heterocycles. The first kappa shape index (κ1) is 15.0. The van der Waals surface area contributed by atoms with Gasteiger partial charge < -0.3 is 5.32 Å². The molecule has 0 spiro atoms. The molecule has 2 aromatic rings. The van der Waals surface area contributed by atoms with Crippen molar-refractivity contribution in [1.29, 1.82) is 0 Å². The van der Waals surface area contributed by atoms with Crippen LogP contribution in [0.4, 0.5) is 11.4 Å². The Labute approximate surface area is 123 Å². The highest BCUT2D eigenvalue weighted by molar-refractivity contribution is 5.62. The zero-order valence-electron chi connectivity index (χ0n) is 12.8. The van der Waals surface area contributed by atoms with Crippen molar-refractivity contribution in [1.82, 2.24) is 9.78 Å². The summed E-state index contributed by atoms with van der Waals surface area (Å²) in [5, 5.41) is 18.5. The fraction of sp³-hybridized carbons (Fsp3) is 0.400. The molecule has 0 saturated carbocycles. The lowest BCUT2D eigenvalue weighted by Crippen LogP contribution is -2.21. The van der Waals surface area contributed by atoms with Crippen molar-refractivity contribution in [3.05, 3.63) is 51.8 Å². The smallest absolute Gasteiger partial charge is 0.292 e. The van der Waals surface area contributed by atoms with Crippen LogP contribution in [0.5, 0.6) is 0 Å². The largest absolute Gasteiger partial charge is 0.375 e. The van der Waals surface area contributed by atoms with Crippen molar-refractivity contribution in [2.24, 2.45) is 0 Å². The van der Waals surface area contributed by atoms with Crippen molar-refractivity contribution < 1.29 is 4.92 Å². The maximum atomic E-state index is 11.1. The molecule has 0 amide bonds. The van der Waals surface area contributed by atoms with Gasteiger partial charge in [0.25, 0.3) is 5.69 Å². The van der Waals surface area contributed by atoms with Crippen molar-refractivity contribution in [3.63, 3.8) is 0 Å². The second-order valence-electron chi connectivity index (χ2n) is 6.10. The van der Waals surface area contributed by atoms with Crippen molar-refractivity contribution in [2.75, 3.05) is 5.32 Å². The van der Waals surface area contributed by atoms with Crippen molar-refractivity contribution in [2.45, 2.75) is 39.8 Å². The van der Waals surface area contributed by atoms with Gasteiger partial charge in [0.1, 0.15) is 5.69 Å². The van der Waals surface area contributed by atoms with E-state index in [1.54, 1.807) is 18.3 Å². The molecule has 0 bridgehead atoms. The molecule has 1 N–H and O–H groups in total. The van der Waals surface area contributed by atoms with E-state index >= 15 is 0 Å². The van der Waals surface area contributed by atoms with E-state index in [9.17, 15) is 10.1 Å². The lowest BCUT2D eigenvalue weighted by molar-refractivity contribution is -0.384. The molecule has 0 aliphatic heterocycles. The van der Waals surface area contributed by atoms with E-state index in [1.165, 1.54) is 0 Å². The molecule has 6 heteroatoms. The predicted molar refractivity (Wildman–Crippen MR) is 82.4 cm³/mol. The van der Waals surface area contributed by atoms with Crippen LogP contribution in [-0.2, 0) is 12.1 Å². The van der Waals surface area contributed by atoms with Gasteiger partial charge in [0, 0.05) is 24.4 Å². The molecule has 0 aliphatic carbocycles. The summed E-state index contributed by atoms with van der Waals surface area (Å²) >= 11 is 0. The molecule has 0 atom stereocenters. The molecule has 21 heavy (non-hydrogen) atoms. The van der Waals surface area contributed by atoms with Crippen molar-refractivity contribution in [3.8, 4) is 0 Å². The summed E-state index contributed by atoms with van der Waals surface area (Å²) in [6.45, 7) is 8.55. The minimum Gasteiger partial charge on any atom is -0.375 e. The first-order valence-corrected chi connectivity index (χ1v) is 6.80. The average molecular weight is 288 g/mol. The van der Waals surface area contributed by atoms with E-state index < -0.39 is 0 Å². The molecular formula is C15H20N4O2. The van der Waals surface area contributed by atoms with Crippen LogP contribution in [0.25, 0.3) is 0 Å². The lowest BCUT2D eigenvalue weighted by Gasteiger charge is -2.18. The van der Waals surface area contributed by atoms with E-state index in [0.717, 1.165) is 11.1 Å². The monoisotopic (exact) mass is 288 g/mol. The van der Waals surface area contributed by atoms with Gasteiger partial charge in [-0.1, -0.05) is 6.07 Å². The molecule has 1 aromatic carbocycles. The summed E-state index contributed by atoms with van der Waals surface area (Å²) in [6, 6.07) is 5.16. The van der Waals surface area contributed by atoms with Crippen LogP contribution in [-0.4, -0.2) is 14.7 Å². The Hall–Kier alpha value is -2.37. The summed E-state index contributed by atoms with van der Waals surface area (Å²) in [5.74, 6) is 0. The number of aromatic nitrogens is 2. The van der Waals surface area contributed by atoms with E-state index in [2.05, 4.69) is 31.2 Å². The quantitative estimate of drug-likeness (QED) is 0.690. The van der Waals surface area contributed by atoms with Gasteiger partial charge in [0.15, 0.2) is 0 Å². The Bertz CT molecular complexity index is 656. The zero-order chi connectivity index (χ0) is 15.6. The molecule has 0 fully saturated rings. The van der Waals surface area contributed by atoms with Crippen LogP contribution in [0.3, 0.4) is 0 Å². The Morgan fingerprint density at radius 2 is 2.10 bits per heavy atom. The van der Waals surface area contributed by atoms with Crippen LogP contribution in [0.15, 0.2) is 30.6 Å². The highest BCUT2D eigenvalue weighted by Gasteiger charge is 2.15. The minimum absolute atomic E-state index is 0.0753. The normalized spacial score (nSPS) is 11.4. The van der Waals surface area contributed by atoms with Gasteiger partial charge in [-0.05, 0) is 39.3 Å². The Morgan fingerprint density at radius 3 is 2.67 bits per heavy atom. The maximum absolute atomic E-state index is 11.1. The molecule has 2 rings (SSSR count). The fourth-order valence-corrected chi connectivity index (χ4v) is 1.96. The Morgan fingerprint density at radius 1 is 1.38 bits per heavy atom. The van der Waals surface area contributed by atoms with Gasteiger partial charge in [0.05, 0.1) is 16.7 Å². The molecule has 0 aliphatic rings. The molecular weight excluding hydrogens is 268 g/mol. The highest BCUT2D eigenvalue weighted by Crippen LogP contribution is 2.25. The first-order chi connectivity index (χ1) is 9.77. The molecule has 0 saturated heterocycles. The van der Waals surface area contributed by atoms with Crippen LogP contribution < -0.4 is 5.32 Å². The fourth-order valence-electron chi connectivity index (χ4n) is 1.96. The predicted octanol–water partition coefficient (Wildman–Crippen LogP) is 3.47. The molecule has 0 unspecified atom stereocenters. The summed E-state index contributed by atoms with van der Waals surface area (Å²) in [4.78, 5) is 10.7. The summed E-state index contributed by atoms with van der Waals surface area (Å²) in [5.41, 5.74) is 2.40. The van der Waals surface area contributed by atoms with Gasteiger partial charge >= 0.3 is 0 Å². The topological polar surface area (TPSA) is 73.0 Å². The van der Waals surface area contributed by atoms with Crippen LogP contribution in [0.1, 0.15) is 31.9 Å². The van der Waals surface area contributed by atoms with Gasteiger partial charge in [-0.2, -0.15) is 5.10 Å². The maximum Gasteiger partial charge on any atom is 0.292 e. The molecule has 1 aromatic heterocycles. The summed E-state index contributed by atoms with van der Waals surface area (Å²) in [7, 11) is 0. The zero-order valence-corrected chi connectivity index (χ0v) is 12.8. The number of hydrogen-bond donors (Lipinski definition) is 1. The van der Waals surface area contributed by atoms with Crippen molar-refractivity contribution >= 4 is 11.4 Å². The van der Waals surface area contributed by atoms with E-state index in [1.807, 2.05) is 23.9 Å². The van der Waals surface area contributed by atoms with E-state index in [-0.39, 0.29) is 16.1 Å². The van der Waals surface area contributed by atoms with E-state index in [0.29, 0.717) is 12.2 Å². The third kappa shape index (κ3) is 3.59. The number of nitro groups is 1. The number of benzene rings is 1. The molecule has 0 radical (unpaired) electrons. The first-order valence-electron chi connectivity index (χ1n) is 6.80. The van der Waals surface area contributed by atoms with Gasteiger partial charge in [0.2, 0.25) is 0 Å².